The van der Waals surface area contributed by atoms with Gasteiger partial charge in [0, 0.05) is 16.5 Å². The fourth-order valence-corrected chi connectivity index (χ4v) is 2.31. The van der Waals surface area contributed by atoms with Gasteiger partial charge < -0.3 is 0 Å². The van der Waals surface area contributed by atoms with E-state index in [2.05, 4.69) is 15.9 Å². The molecule has 0 saturated carbocycles. The summed E-state index contributed by atoms with van der Waals surface area (Å²) in [5.41, 5.74) is 1.04. The molecule has 0 heterocycles. The standard InChI is InChI=1S/C14H8BrCl2FO/c15-11-3-2-10(18)5-9(11)7-14(19)8-1-4-12(16)13(17)6-8/h1-6H,7H2. The zero-order valence-corrected chi connectivity index (χ0v) is 12.7. The number of carbonyl (C=O) groups excluding carboxylic acids is 1. The molecule has 2 rings (SSSR count). The first-order chi connectivity index (χ1) is 8.97. The first-order valence-corrected chi connectivity index (χ1v) is 6.94. The summed E-state index contributed by atoms with van der Waals surface area (Å²) in [6.45, 7) is 0. The number of benzene rings is 2. The molecular weight excluding hydrogens is 354 g/mol. The Morgan fingerprint density at radius 2 is 1.84 bits per heavy atom. The van der Waals surface area contributed by atoms with Crippen LogP contribution in [-0.4, -0.2) is 5.78 Å². The largest absolute Gasteiger partial charge is 0.294 e. The van der Waals surface area contributed by atoms with Crippen LogP contribution in [-0.2, 0) is 6.42 Å². The third kappa shape index (κ3) is 3.56. The summed E-state index contributed by atoms with van der Waals surface area (Å²) < 4.78 is 13.8. The molecule has 0 saturated heterocycles. The van der Waals surface area contributed by atoms with Gasteiger partial charge in [0.05, 0.1) is 10.0 Å². The van der Waals surface area contributed by atoms with E-state index < -0.39 is 0 Å². The van der Waals surface area contributed by atoms with E-state index in [0.717, 1.165) is 0 Å². The Hall–Kier alpha value is -0.900. The number of hydrogen-bond acceptors (Lipinski definition) is 1. The van der Waals surface area contributed by atoms with Crippen molar-refractivity contribution in [1.82, 2.24) is 0 Å². The first kappa shape index (κ1) is 14.5. The van der Waals surface area contributed by atoms with Gasteiger partial charge in [-0.15, -0.1) is 0 Å². The second-order valence-corrected chi connectivity index (χ2v) is 5.63. The number of carbonyl (C=O) groups is 1. The van der Waals surface area contributed by atoms with Crippen molar-refractivity contribution in [3.8, 4) is 0 Å². The van der Waals surface area contributed by atoms with Crippen LogP contribution < -0.4 is 0 Å². The molecule has 98 valence electrons. The number of ketones is 1. The van der Waals surface area contributed by atoms with Crippen molar-refractivity contribution in [2.75, 3.05) is 0 Å². The van der Waals surface area contributed by atoms with Crippen molar-refractivity contribution in [2.24, 2.45) is 0 Å². The van der Waals surface area contributed by atoms with Gasteiger partial charge in [0.15, 0.2) is 5.78 Å². The van der Waals surface area contributed by atoms with Crippen LogP contribution in [0, 0.1) is 5.82 Å². The molecule has 19 heavy (non-hydrogen) atoms. The van der Waals surface area contributed by atoms with E-state index in [-0.39, 0.29) is 18.0 Å². The van der Waals surface area contributed by atoms with Crippen molar-refractivity contribution in [3.63, 3.8) is 0 Å². The van der Waals surface area contributed by atoms with Crippen molar-refractivity contribution < 1.29 is 9.18 Å². The van der Waals surface area contributed by atoms with Gasteiger partial charge in [0.1, 0.15) is 5.82 Å². The van der Waals surface area contributed by atoms with E-state index in [9.17, 15) is 9.18 Å². The van der Waals surface area contributed by atoms with Gasteiger partial charge >= 0.3 is 0 Å². The Kier molecular flexibility index (Phi) is 4.61. The molecule has 0 aliphatic carbocycles. The van der Waals surface area contributed by atoms with Crippen molar-refractivity contribution in [2.45, 2.75) is 6.42 Å². The summed E-state index contributed by atoms with van der Waals surface area (Å²) in [6, 6.07) is 8.92. The van der Waals surface area contributed by atoms with Gasteiger partial charge in [-0.05, 0) is 42.0 Å². The van der Waals surface area contributed by atoms with Crippen LogP contribution in [0.3, 0.4) is 0 Å². The van der Waals surface area contributed by atoms with Crippen LogP contribution >= 0.6 is 39.1 Å². The summed E-state index contributed by atoms with van der Waals surface area (Å²) in [6.07, 6.45) is 0.0936. The van der Waals surface area contributed by atoms with Crippen LogP contribution in [0.15, 0.2) is 40.9 Å². The second kappa shape index (κ2) is 6.04. The molecule has 0 bridgehead atoms. The Morgan fingerprint density at radius 1 is 1.11 bits per heavy atom. The Balaban J connectivity index is 2.25. The van der Waals surface area contributed by atoms with E-state index in [1.165, 1.54) is 18.2 Å². The third-order valence-corrected chi connectivity index (χ3v) is 4.11. The molecule has 0 fully saturated rings. The molecule has 0 aromatic heterocycles. The first-order valence-electron chi connectivity index (χ1n) is 5.39. The predicted molar refractivity (Wildman–Crippen MR) is 78.6 cm³/mol. The molecule has 2 aromatic carbocycles. The van der Waals surface area contributed by atoms with Crippen LogP contribution in [0.25, 0.3) is 0 Å². The summed E-state index contributed by atoms with van der Waals surface area (Å²) in [7, 11) is 0. The molecule has 0 unspecified atom stereocenters. The smallest absolute Gasteiger partial charge is 0.167 e. The van der Waals surface area contributed by atoms with E-state index in [0.29, 0.717) is 25.6 Å². The lowest BCUT2D eigenvalue weighted by Gasteiger charge is -2.05. The average Bonchev–Trinajstić information content (AvgIpc) is 2.37. The van der Waals surface area contributed by atoms with E-state index >= 15 is 0 Å². The minimum absolute atomic E-state index is 0.0936. The van der Waals surface area contributed by atoms with Gasteiger partial charge in [-0.1, -0.05) is 39.1 Å². The van der Waals surface area contributed by atoms with Gasteiger partial charge in [-0.3, -0.25) is 4.79 Å². The fourth-order valence-electron chi connectivity index (χ4n) is 1.62. The molecule has 0 radical (unpaired) electrons. The maximum absolute atomic E-state index is 13.1. The summed E-state index contributed by atoms with van der Waals surface area (Å²) in [5, 5.41) is 0.718. The molecule has 5 heteroatoms. The fraction of sp³-hybridized carbons (Fsp3) is 0.0714. The molecule has 0 N–H and O–H groups in total. The van der Waals surface area contributed by atoms with Gasteiger partial charge in [-0.25, -0.2) is 4.39 Å². The van der Waals surface area contributed by atoms with Crippen molar-refractivity contribution >= 4 is 44.9 Å². The quantitative estimate of drug-likeness (QED) is 0.676. The van der Waals surface area contributed by atoms with Crippen molar-refractivity contribution in [1.29, 1.82) is 0 Å². The highest BCUT2D eigenvalue weighted by molar-refractivity contribution is 9.10. The van der Waals surface area contributed by atoms with E-state index in [1.54, 1.807) is 18.2 Å². The van der Waals surface area contributed by atoms with Crippen LogP contribution in [0.4, 0.5) is 4.39 Å². The molecule has 0 aliphatic heterocycles. The minimum atomic E-state index is -0.375. The molecule has 2 aromatic rings. The van der Waals surface area contributed by atoms with Gasteiger partial charge in [0.25, 0.3) is 0 Å². The molecule has 0 spiro atoms. The summed E-state index contributed by atoms with van der Waals surface area (Å²) >= 11 is 14.9. The normalized spacial score (nSPS) is 10.5. The maximum Gasteiger partial charge on any atom is 0.167 e. The van der Waals surface area contributed by atoms with Crippen molar-refractivity contribution in [3.05, 3.63) is 67.9 Å². The van der Waals surface area contributed by atoms with Gasteiger partial charge in [0.2, 0.25) is 0 Å². The minimum Gasteiger partial charge on any atom is -0.294 e. The molecule has 0 amide bonds. The monoisotopic (exact) mass is 360 g/mol. The van der Waals surface area contributed by atoms with Crippen LogP contribution in [0.1, 0.15) is 15.9 Å². The highest BCUT2D eigenvalue weighted by atomic mass is 79.9. The van der Waals surface area contributed by atoms with Crippen LogP contribution in [0.5, 0.6) is 0 Å². The number of Topliss-reactive ketones (excluding diaryl/α,β-unsaturated/α-hetero) is 1. The zero-order chi connectivity index (χ0) is 14.0. The highest BCUT2D eigenvalue weighted by Gasteiger charge is 2.11. The lowest BCUT2D eigenvalue weighted by Crippen LogP contribution is -2.04. The molecule has 1 nitrogen and oxygen atoms in total. The zero-order valence-electron chi connectivity index (χ0n) is 9.59. The second-order valence-electron chi connectivity index (χ2n) is 3.96. The Bertz CT molecular complexity index is 643. The Morgan fingerprint density at radius 3 is 2.53 bits per heavy atom. The number of hydrogen-bond donors (Lipinski definition) is 0. The molecular formula is C14H8BrCl2FO. The average molecular weight is 362 g/mol. The lowest BCUT2D eigenvalue weighted by molar-refractivity contribution is 0.0993. The van der Waals surface area contributed by atoms with Gasteiger partial charge in [-0.2, -0.15) is 0 Å². The van der Waals surface area contributed by atoms with E-state index in [1.807, 2.05) is 0 Å². The Labute approximate surface area is 128 Å². The summed E-state index contributed by atoms with van der Waals surface area (Å²) in [5.74, 6) is -0.523. The third-order valence-electron chi connectivity index (χ3n) is 2.60. The topological polar surface area (TPSA) is 17.1 Å². The molecule has 0 aliphatic rings. The summed E-state index contributed by atoms with van der Waals surface area (Å²) in [4.78, 5) is 12.1. The SMILES string of the molecule is O=C(Cc1cc(F)ccc1Br)c1ccc(Cl)c(Cl)c1. The number of halogens is 4. The number of rotatable bonds is 3. The molecule has 0 atom stereocenters. The predicted octanol–water partition coefficient (Wildman–Crippen LogP) is 5.32. The van der Waals surface area contributed by atoms with Crippen LogP contribution in [0.2, 0.25) is 10.0 Å². The highest BCUT2D eigenvalue weighted by Crippen LogP contribution is 2.24. The maximum atomic E-state index is 13.1. The lowest BCUT2D eigenvalue weighted by atomic mass is 10.0. The van der Waals surface area contributed by atoms with E-state index in [4.69, 9.17) is 23.2 Å².